The molecule has 0 aromatic heterocycles. The molecule has 0 aliphatic carbocycles. The molecule has 1 heterocycles. The van der Waals surface area contributed by atoms with Gasteiger partial charge >= 0.3 is 0 Å². The highest BCUT2D eigenvalue weighted by Gasteiger charge is 2.20. The molecule has 24 heavy (non-hydrogen) atoms. The highest BCUT2D eigenvalue weighted by Crippen LogP contribution is 2.11. The Morgan fingerprint density at radius 1 is 1.04 bits per heavy atom. The summed E-state index contributed by atoms with van der Waals surface area (Å²) in [4.78, 5) is 29.9. The minimum Gasteiger partial charge on any atom is -0.357 e. The van der Waals surface area contributed by atoms with Crippen molar-refractivity contribution in [2.24, 2.45) is 10.4 Å². The minimum absolute atomic E-state index is 0. The molecule has 1 aliphatic heterocycles. The second-order valence-electron chi connectivity index (χ2n) is 6.72. The number of rotatable bonds is 6. The summed E-state index contributed by atoms with van der Waals surface area (Å²) >= 11 is 0. The monoisotopic (exact) mass is 453 g/mol. The number of nitrogens with one attached hydrogen (secondary N) is 3. The molecule has 0 radical (unpaired) electrons. The maximum absolute atomic E-state index is 12.0. The largest absolute Gasteiger partial charge is 0.357 e. The highest BCUT2D eigenvalue weighted by molar-refractivity contribution is 14.0. The van der Waals surface area contributed by atoms with E-state index in [1.54, 1.807) is 0 Å². The molecule has 7 nitrogen and oxygen atoms in total. The molecule has 140 valence electrons. The summed E-state index contributed by atoms with van der Waals surface area (Å²) in [6.07, 6.45) is 2.17. The van der Waals surface area contributed by atoms with Gasteiger partial charge in [-0.05, 0) is 19.8 Å². The molecule has 8 heteroatoms. The quantitative estimate of drug-likeness (QED) is 0.242. The molecule has 0 aromatic carbocycles. The molecule has 0 atom stereocenters. The van der Waals surface area contributed by atoms with Crippen LogP contribution in [-0.2, 0) is 9.59 Å². The van der Waals surface area contributed by atoms with Crippen molar-refractivity contribution in [3.63, 3.8) is 0 Å². The van der Waals surface area contributed by atoms with Crippen LogP contribution in [0.15, 0.2) is 4.99 Å². The van der Waals surface area contributed by atoms with Gasteiger partial charge in [0.2, 0.25) is 11.8 Å². The van der Waals surface area contributed by atoms with E-state index >= 15 is 0 Å². The van der Waals surface area contributed by atoms with Crippen LogP contribution in [0.4, 0.5) is 0 Å². The number of hydrogen-bond donors (Lipinski definition) is 3. The Hall–Kier alpha value is -1.06. The fourth-order valence-electron chi connectivity index (χ4n) is 2.18. The molecule has 0 saturated carbocycles. The van der Waals surface area contributed by atoms with E-state index < -0.39 is 0 Å². The van der Waals surface area contributed by atoms with E-state index in [1.165, 1.54) is 0 Å². The molecule has 0 unspecified atom stereocenters. The Bertz CT molecular complexity index is 429. The van der Waals surface area contributed by atoms with Gasteiger partial charge in [0.1, 0.15) is 6.54 Å². The van der Waals surface area contributed by atoms with Crippen LogP contribution in [0.1, 0.15) is 40.5 Å². The molecule has 1 saturated heterocycles. The predicted octanol–water partition coefficient (Wildman–Crippen LogP) is 0.944. The summed E-state index contributed by atoms with van der Waals surface area (Å²) in [7, 11) is 0. The first kappa shape index (κ1) is 22.9. The molecule has 1 fully saturated rings. The summed E-state index contributed by atoms with van der Waals surface area (Å²) in [5.41, 5.74) is -0.388. The number of hydrogen-bond acceptors (Lipinski definition) is 3. The van der Waals surface area contributed by atoms with Crippen LogP contribution in [-0.4, -0.2) is 61.9 Å². The second kappa shape index (κ2) is 11.5. The van der Waals surface area contributed by atoms with Gasteiger partial charge in [-0.15, -0.1) is 24.0 Å². The molecule has 1 aliphatic rings. The molecule has 2 amide bonds. The zero-order valence-corrected chi connectivity index (χ0v) is 17.6. The lowest BCUT2D eigenvalue weighted by molar-refractivity contribution is -0.129. The van der Waals surface area contributed by atoms with Gasteiger partial charge in [-0.2, -0.15) is 0 Å². The molecule has 0 spiro atoms. The van der Waals surface area contributed by atoms with E-state index in [0.29, 0.717) is 19.0 Å². The average Bonchev–Trinajstić information content (AvgIpc) is 3.01. The Morgan fingerprint density at radius 3 is 2.17 bits per heavy atom. The van der Waals surface area contributed by atoms with Gasteiger partial charge in [0.15, 0.2) is 5.96 Å². The van der Waals surface area contributed by atoms with Crippen LogP contribution in [0.3, 0.4) is 0 Å². The van der Waals surface area contributed by atoms with E-state index in [-0.39, 0.29) is 47.8 Å². The summed E-state index contributed by atoms with van der Waals surface area (Å²) in [6, 6.07) is 0. The first-order valence-corrected chi connectivity index (χ1v) is 8.43. The normalized spacial score (nSPS) is 14.8. The number of amides is 2. The molecule has 0 bridgehead atoms. The number of guanidine groups is 1. The molecule has 3 N–H and O–H groups in total. The second-order valence-corrected chi connectivity index (χ2v) is 6.72. The summed E-state index contributed by atoms with van der Waals surface area (Å²) in [6.45, 7) is 11.3. The number of aliphatic imine (C=N–C) groups is 1. The zero-order valence-electron chi connectivity index (χ0n) is 15.3. The smallest absolute Gasteiger partial charge is 0.244 e. The van der Waals surface area contributed by atoms with E-state index in [4.69, 9.17) is 0 Å². The highest BCUT2D eigenvalue weighted by atomic mass is 127. The van der Waals surface area contributed by atoms with Gasteiger partial charge in [0.05, 0.1) is 0 Å². The lowest BCUT2D eigenvalue weighted by Crippen LogP contribution is -2.44. The lowest BCUT2D eigenvalue weighted by Gasteiger charge is -2.18. The van der Waals surface area contributed by atoms with E-state index in [9.17, 15) is 9.59 Å². The standard InChI is InChI=1S/C16H31N5O2.HI/c1-5-17-15(19-9-8-18-14(23)16(2,3)4)20-12-13(22)21-10-6-7-11-21;/h5-12H2,1-4H3,(H,18,23)(H2,17,19,20);1H. The number of likely N-dealkylation sites (tertiary alicyclic amines) is 1. The lowest BCUT2D eigenvalue weighted by atomic mass is 9.96. The number of nitrogens with zero attached hydrogens (tertiary/aromatic N) is 2. The van der Waals surface area contributed by atoms with Crippen LogP contribution in [0, 0.1) is 5.41 Å². The first-order valence-electron chi connectivity index (χ1n) is 8.43. The van der Waals surface area contributed by atoms with Crippen molar-refractivity contribution >= 4 is 41.8 Å². The summed E-state index contributed by atoms with van der Waals surface area (Å²) in [5.74, 6) is 0.691. The van der Waals surface area contributed by atoms with Crippen LogP contribution >= 0.6 is 24.0 Å². The Morgan fingerprint density at radius 2 is 1.62 bits per heavy atom. The third-order valence-corrected chi connectivity index (χ3v) is 3.56. The summed E-state index contributed by atoms with van der Waals surface area (Å²) in [5, 5.41) is 9.10. The fraction of sp³-hybridized carbons (Fsp3) is 0.812. The van der Waals surface area contributed by atoms with Crippen molar-refractivity contribution in [3.8, 4) is 0 Å². The van der Waals surface area contributed by atoms with Gasteiger partial charge in [0.25, 0.3) is 0 Å². The third kappa shape index (κ3) is 8.70. The molecule has 1 rings (SSSR count). The van der Waals surface area contributed by atoms with Crippen molar-refractivity contribution < 1.29 is 9.59 Å². The van der Waals surface area contributed by atoms with Gasteiger partial charge in [-0.3, -0.25) is 9.59 Å². The Labute approximate surface area is 162 Å². The number of halogens is 1. The first-order chi connectivity index (χ1) is 10.8. The SMILES string of the molecule is CCNC(=NCC(=O)N1CCCC1)NCCNC(=O)C(C)(C)C.I. The fourth-order valence-corrected chi connectivity index (χ4v) is 2.18. The van der Waals surface area contributed by atoms with Gasteiger partial charge in [-0.25, -0.2) is 4.99 Å². The van der Waals surface area contributed by atoms with Gasteiger partial charge < -0.3 is 20.9 Å². The Balaban J connectivity index is 0.00000529. The zero-order chi connectivity index (χ0) is 17.3. The van der Waals surface area contributed by atoms with Crippen molar-refractivity contribution in [1.29, 1.82) is 0 Å². The molecular formula is C16H32IN5O2. The van der Waals surface area contributed by atoms with Crippen LogP contribution < -0.4 is 16.0 Å². The van der Waals surface area contributed by atoms with Crippen LogP contribution in [0.25, 0.3) is 0 Å². The van der Waals surface area contributed by atoms with Crippen LogP contribution in [0.5, 0.6) is 0 Å². The van der Waals surface area contributed by atoms with E-state index in [0.717, 1.165) is 32.5 Å². The third-order valence-electron chi connectivity index (χ3n) is 3.56. The minimum atomic E-state index is -0.388. The maximum Gasteiger partial charge on any atom is 0.244 e. The van der Waals surface area contributed by atoms with Gasteiger partial charge in [0, 0.05) is 38.1 Å². The predicted molar refractivity (Wildman–Crippen MR) is 108 cm³/mol. The maximum atomic E-state index is 12.0. The topological polar surface area (TPSA) is 85.8 Å². The van der Waals surface area contributed by atoms with Crippen LogP contribution in [0.2, 0.25) is 0 Å². The average molecular weight is 453 g/mol. The van der Waals surface area contributed by atoms with E-state index in [1.807, 2.05) is 32.6 Å². The van der Waals surface area contributed by atoms with Crippen molar-refractivity contribution in [2.45, 2.75) is 40.5 Å². The summed E-state index contributed by atoms with van der Waals surface area (Å²) < 4.78 is 0. The van der Waals surface area contributed by atoms with E-state index in [2.05, 4.69) is 20.9 Å². The Kier molecular flexibility index (Phi) is 11.0. The molecular weight excluding hydrogens is 421 g/mol. The van der Waals surface area contributed by atoms with Crippen molar-refractivity contribution in [2.75, 3.05) is 39.3 Å². The number of carbonyl (C=O) groups is 2. The van der Waals surface area contributed by atoms with Gasteiger partial charge in [-0.1, -0.05) is 20.8 Å². The number of carbonyl (C=O) groups excluding carboxylic acids is 2. The van der Waals surface area contributed by atoms with Crippen molar-refractivity contribution in [1.82, 2.24) is 20.9 Å². The molecule has 0 aromatic rings. The van der Waals surface area contributed by atoms with Crippen molar-refractivity contribution in [3.05, 3.63) is 0 Å².